The highest BCUT2D eigenvalue weighted by Crippen LogP contribution is 2.13. The van der Waals surface area contributed by atoms with Crippen LogP contribution in [0.15, 0.2) is 42.7 Å². The summed E-state index contributed by atoms with van der Waals surface area (Å²) in [6.07, 6.45) is 4.01. The van der Waals surface area contributed by atoms with Gasteiger partial charge in [-0.2, -0.15) is 0 Å². The van der Waals surface area contributed by atoms with E-state index in [1.807, 2.05) is 30.3 Å². The number of benzene rings is 1. The minimum absolute atomic E-state index is 0.334. The van der Waals surface area contributed by atoms with Crippen LogP contribution in [-0.4, -0.2) is 17.6 Å². The normalized spacial score (nSPS) is 10.3. The fourth-order valence-corrected chi connectivity index (χ4v) is 2.07. The van der Waals surface area contributed by atoms with Crippen molar-refractivity contribution < 1.29 is 9.53 Å². The molecule has 2 aromatic rings. The van der Waals surface area contributed by atoms with Crippen LogP contribution >= 0.6 is 11.6 Å². The Morgan fingerprint density at radius 2 is 1.85 bits per heavy atom. The SMILES string of the molecule is CCOC(=O)c1cncc(Cc2ccc(CCl)cc2)c1. The number of nitrogens with zero attached hydrogens (tertiary/aromatic N) is 1. The zero-order valence-electron chi connectivity index (χ0n) is 11.3. The van der Waals surface area contributed by atoms with Crippen molar-refractivity contribution in [1.82, 2.24) is 4.98 Å². The Hall–Kier alpha value is -1.87. The molecule has 1 aromatic carbocycles. The van der Waals surface area contributed by atoms with E-state index in [0.717, 1.165) is 23.1 Å². The van der Waals surface area contributed by atoms with E-state index in [4.69, 9.17) is 16.3 Å². The molecule has 0 aliphatic heterocycles. The van der Waals surface area contributed by atoms with Crippen LogP contribution in [-0.2, 0) is 17.0 Å². The molecule has 2 rings (SSSR count). The molecule has 0 radical (unpaired) electrons. The Labute approximate surface area is 123 Å². The van der Waals surface area contributed by atoms with Gasteiger partial charge in [0.25, 0.3) is 0 Å². The van der Waals surface area contributed by atoms with Crippen molar-refractivity contribution in [3.05, 3.63) is 65.0 Å². The van der Waals surface area contributed by atoms with Crippen molar-refractivity contribution in [1.29, 1.82) is 0 Å². The van der Waals surface area contributed by atoms with Crippen molar-refractivity contribution in [2.75, 3.05) is 6.61 Å². The molecule has 3 nitrogen and oxygen atoms in total. The van der Waals surface area contributed by atoms with E-state index in [0.29, 0.717) is 18.1 Å². The molecule has 0 fully saturated rings. The standard InChI is InChI=1S/C16H16ClNO2/c1-2-20-16(19)15-8-14(10-18-11-15)7-12-3-5-13(9-17)6-4-12/h3-6,8,10-11H,2,7,9H2,1H3. The van der Waals surface area contributed by atoms with Crippen LogP contribution in [0.2, 0.25) is 0 Å². The molecule has 0 N–H and O–H groups in total. The number of halogens is 1. The highest BCUT2D eigenvalue weighted by atomic mass is 35.5. The number of pyridine rings is 1. The van der Waals surface area contributed by atoms with Crippen molar-refractivity contribution >= 4 is 17.6 Å². The van der Waals surface area contributed by atoms with Crippen LogP contribution in [0.1, 0.15) is 34.0 Å². The van der Waals surface area contributed by atoms with Gasteiger partial charge >= 0.3 is 5.97 Å². The van der Waals surface area contributed by atoms with Gasteiger partial charge in [0.15, 0.2) is 0 Å². The summed E-state index contributed by atoms with van der Waals surface area (Å²) in [7, 11) is 0. The lowest BCUT2D eigenvalue weighted by molar-refractivity contribution is 0.0525. The monoisotopic (exact) mass is 289 g/mol. The molecule has 0 saturated carbocycles. The van der Waals surface area contributed by atoms with Crippen molar-refractivity contribution in [2.24, 2.45) is 0 Å². The van der Waals surface area contributed by atoms with E-state index < -0.39 is 0 Å². The lowest BCUT2D eigenvalue weighted by Crippen LogP contribution is -2.05. The average molecular weight is 290 g/mol. The van der Waals surface area contributed by atoms with Gasteiger partial charge in [-0.05, 0) is 36.1 Å². The average Bonchev–Trinajstić information content (AvgIpc) is 2.48. The second-order valence-electron chi connectivity index (χ2n) is 4.43. The number of alkyl halides is 1. The molecule has 0 spiro atoms. The summed E-state index contributed by atoms with van der Waals surface area (Å²) >= 11 is 5.76. The van der Waals surface area contributed by atoms with Crippen LogP contribution in [0, 0.1) is 0 Å². The summed E-state index contributed by atoms with van der Waals surface area (Å²) in [4.78, 5) is 15.8. The summed E-state index contributed by atoms with van der Waals surface area (Å²) in [5.41, 5.74) is 3.71. The number of hydrogen-bond donors (Lipinski definition) is 0. The third-order valence-corrected chi connectivity index (χ3v) is 3.20. The molecule has 20 heavy (non-hydrogen) atoms. The van der Waals surface area contributed by atoms with E-state index in [2.05, 4.69) is 4.98 Å². The predicted octanol–water partition coefficient (Wildman–Crippen LogP) is 3.59. The highest BCUT2D eigenvalue weighted by molar-refractivity contribution is 6.17. The van der Waals surface area contributed by atoms with Crippen molar-refractivity contribution in [3.63, 3.8) is 0 Å². The third-order valence-electron chi connectivity index (χ3n) is 2.89. The Morgan fingerprint density at radius 3 is 2.50 bits per heavy atom. The molecular formula is C16H16ClNO2. The molecule has 0 saturated heterocycles. The van der Waals surface area contributed by atoms with Crippen LogP contribution in [0.5, 0.6) is 0 Å². The molecule has 0 aliphatic rings. The van der Waals surface area contributed by atoms with Gasteiger partial charge in [0.05, 0.1) is 12.2 Å². The molecule has 104 valence electrons. The van der Waals surface area contributed by atoms with E-state index in [1.54, 1.807) is 13.1 Å². The van der Waals surface area contributed by atoms with Crippen LogP contribution in [0.3, 0.4) is 0 Å². The van der Waals surface area contributed by atoms with E-state index in [-0.39, 0.29) is 5.97 Å². The number of rotatable bonds is 5. The van der Waals surface area contributed by atoms with Crippen LogP contribution in [0.25, 0.3) is 0 Å². The maximum atomic E-state index is 11.7. The van der Waals surface area contributed by atoms with E-state index in [1.165, 1.54) is 6.20 Å². The van der Waals surface area contributed by atoms with Gasteiger partial charge in [0, 0.05) is 18.3 Å². The Bertz CT molecular complexity index is 581. The molecule has 0 amide bonds. The first kappa shape index (κ1) is 14.5. The molecule has 0 aliphatic carbocycles. The number of carbonyl (C=O) groups is 1. The van der Waals surface area contributed by atoms with Gasteiger partial charge in [-0.15, -0.1) is 11.6 Å². The van der Waals surface area contributed by atoms with Gasteiger partial charge in [0.1, 0.15) is 0 Å². The van der Waals surface area contributed by atoms with Crippen molar-refractivity contribution in [2.45, 2.75) is 19.2 Å². The second kappa shape index (κ2) is 7.06. The number of carbonyl (C=O) groups excluding carboxylic acids is 1. The highest BCUT2D eigenvalue weighted by Gasteiger charge is 2.08. The second-order valence-corrected chi connectivity index (χ2v) is 4.70. The fourth-order valence-electron chi connectivity index (χ4n) is 1.89. The lowest BCUT2D eigenvalue weighted by atomic mass is 10.0. The Kier molecular flexibility index (Phi) is 5.13. The lowest BCUT2D eigenvalue weighted by Gasteiger charge is -2.05. The minimum Gasteiger partial charge on any atom is -0.462 e. The molecule has 1 heterocycles. The smallest absolute Gasteiger partial charge is 0.339 e. The summed E-state index contributed by atoms with van der Waals surface area (Å²) in [5, 5.41) is 0. The first-order chi connectivity index (χ1) is 9.72. The van der Waals surface area contributed by atoms with Crippen LogP contribution in [0.4, 0.5) is 0 Å². The Balaban J connectivity index is 2.12. The van der Waals surface area contributed by atoms with E-state index >= 15 is 0 Å². The Morgan fingerprint density at radius 1 is 1.15 bits per heavy atom. The maximum absolute atomic E-state index is 11.7. The first-order valence-electron chi connectivity index (χ1n) is 6.47. The molecule has 0 unspecified atom stereocenters. The third kappa shape index (κ3) is 3.81. The predicted molar refractivity (Wildman–Crippen MR) is 79.0 cm³/mol. The minimum atomic E-state index is -0.334. The van der Waals surface area contributed by atoms with Gasteiger partial charge < -0.3 is 4.74 Å². The number of esters is 1. The summed E-state index contributed by atoms with van der Waals surface area (Å²) in [5.74, 6) is 0.180. The molecule has 0 atom stereocenters. The van der Waals surface area contributed by atoms with Crippen molar-refractivity contribution in [3.8, 4) is 0 Å². The quantitative estimate of drug-likeness (QED) is 0.624. The van der Waals surface area contributed by atoms with Gasteiger partial charge in [-0.1, -0.05) is 24.3 Å². The van der Waals surface area contributed by atoms with Gasteiger partial charge in [0.2, 0.25) is 0 Å². The van der Waals surface area contributed by atoms with Gasteiger partial charge in [-0.3, -0.25) is 4.98 Å². The molecule has 0 bridgehead atoms. The molecule has 1 aromatic heterocycles. The maximum Gasteiger partial charge on any atom is 0.339 e. The van der Waals surface area contributed by atoms with Gasteiger partial charge in [-0.25, -0.2) is 4.79 Å². The molecule has 4 heteroatoms. The zero-order valence-corrected chi connectivity index (χ0v) is 12.1. The summed E-state index contributed by atoms with van der Waals surface area (Å²) in [6, 6.07) is 9.90. The number of aromatic nitrogens is 1. The summed E-state index contributed by atoms with van der Waals surface area (Å²) in [6.45, 7) is 2.15. The van der Waals surface area contributed by atoms with E-state index in [9.17, 15) is 4.79 Å². The van der Waals surface area contributed by atoms with Crippen LogP contribution < -0.4 is 0 Å². The fraction of sp³-hybridized carbons (Fsp3) is 0.250. The topological polar surface area (TPSA) is 39.2 Å². The number of hydrogen-bond acceptors (Lipinski definition) is 3. The first-order valence-corrected chi connectivity index (χ1v) is 7.01. The number of ether oxygens (including phenoxy) is 1. The largest absolute Gasteiger partial charge is 0.462 e. The zero-order chi connectivity index (χ0) is 14.4. The summed E-state index contributed by atoms with van der Waals surface area (Å²) < 4.78 is 4.97. The molecular weight excluding hydrogens is 274 g/mol.